The van der Waals surface area contributed by atoms with Gasteiger partial charge >= 0.3 is 0 Å². The normalized spacial score (nSPS) is 23.7. The minimum atomic E-state index is 1.01. The summed E-state index contributed by atoms with van der Waals surface area (Å²) in [7, 11) is 0. The molecule has 0 saturated heterocycles. The van der Waals surface area contributed by atoms with Gasteiger partial charge in [-0.05, 0) is 32.1 Å². The maximum atomic E-state index is 3.18. The van der Waals surface area contributed by atoms with E-state index in [1.54, 1.807) is 0 Å². The summed E-state index contributed by atoms with van der Waals surface area (Å²) in [6.07, 6.45) is 10.5. The molecule has 0 amide bonds. The van der Waals surface area contributed by atoms with E-state index < -0.39 is 0 Å². The Hall–Kier alpha value is -0.880. The molecule has 0 N–H and O–H groups in total. The number of fused-ring (bicyclic) bond motifs is 1. The zero-order valence-corrected chi connectivity index (χ0v) is 7.56. The Morgan fingerprint density at radius 1 is 0.846 bits per heavy atom. The van der Waals surface area contributed by atoms with Crippen LogP contribution >= 0.6 is 0 Å². The fourth-order valence-electron chi connectivity index (χ4n) is 1.38. The first-order chi connectivity index (χ1) is 6.47. The van der Waals surface area contributed by atoms with Gasteiger partial charge in [0, 0.05) is 12.8 Å². The van der Waals surface area contributed by atoms with Gasteiger partial charge in [-0.3, -0.25) is 0 Å². The third-order valence-electron chi connectivity index (χ3n) is 2.12. The maximum absolute atomic E-state index is 3.18. The molecule has 2 aliphatic carbocycles. The maximum Gasteiger partial charge on any atom is 0.0715 e. The van der Waals surface area contributed by atoms with Crippen LogP contribution in [-0.4, -0.2) is 0 Å². The molecule has 0 heteroatoms. The summed E-state index contributed by atoms with van der Waals surface area (Å²) in [5, 5.41) is 0. The van der Waals surface area contributed by atoms with E-state index in [0.29, 0.717) is 0 Å². The Bertz CT molecular complexity index is 249. The second kappa shape index (κ2) is 4.38. The standard InChI is InChI=1S/C13H11/c1-2-4-6-9-13-11-7-10-12(13)8-5-3-1/h7,10-11H,1-4H2. The van der Waals surface area contributed by atoms with Gasteiger partial charge in [-0.1, -0.05) is 11.8 Å². The van der Waals surface area contributed by atoms with E-state index in [2.05, 4.69) is 23.7 Å². The second-order valence-electron chi connectivity index (χ2n) is 3.16. The van der Waals surface area contributed by atoms with E-state index in [0.717, 1.165) is 24.7 Å². The Kier molecular flexibility index (Phi) is 2.94. The summed E-state index contributed by atoms with van der Waals surface area (Å²) in [4.78, 5) is 0. The van der Waals surface area contributed by atoms with E-state index in [1.165, 1.54) is 12.8 Å². The molecule has 63 valence electrons. The first-order valence-corrected chi connectivity index (χ1v) is 4.70. The molecule has 0 aliphatic heterocycles. The fraction of sp³-hybridized carbons (Fsp3) is 0.308. The van der Waals surface area contributed by atoms with Gasteiger partial charge in [0.2, 0.25) is 0 Å². The molecule has 0 unspecified atom stereocenters. The molecule has 1 saturated carbocycles. The zero-order valence-electron chi connectivity index (χ0n) is 7.56. The van der Waals surface area contributed by atoms with Crippen molar-refractivity contribution in [2.24, 2.45) is 0 Å². The lowest BCUT2D eigenvalue weighted by atomic mass is 9.96. The highest BCUT2D eigenvalue weighted by molar-refractivity contribution is 5.60. The highest BCUT2D eigenvalue weighted by Crippen LogP contribution is 2.32. The first-order valence-electron chi connectivity index (χ1n) is 4.70. The summed E-state index contributed by atoms with van der Waals surface area (Å²) in [5.74, 6) is 14.9. The lowest BCUT2D eigenvalue weighted by Crippen LogP contribution is -1.99. The van der Waals surface area contributed by atoms with Crippen LogP contribution < -0.4 is 0 Å². The van der Waals surface area contributed by atoms with Crippen LogP contribution in [0.3, 0.4) is 0 Å². The lowest BCUT2D eigenvalue weighted by molar-refractivity contribution is 0.781. The number of rotatable bonds is 0. The fourth-order valence-corrected chi connectivity index (χ4v) is 1.38. The average molecular weight is 167 g/mol. The average Bonchev–Trinajstić information content (AvgIpc) is 2.59. The minimum absolute atomic E-state index is 1.01. The van der Waals surface area contributed by atoms with Crippen LogP contribution in [-0.2, 0) is 0 Å². The number of hydrogen-bond donors (Lipinski definition) is 0. The Morgan fingerprint density at radius 2 is 1.38 bits per heavy atom. The smallest absolute Gasteiger partial charge is 0.0715 e. The van der Waals surface area contributed by atoms with Crippen LogP contribution in [0.4, 0.5) is 0 Å². The van der Waals surface area contributed by atoms with E-state index in [-0.39, 0.29) is 0 Å². The predicted molar refractivity (Wildman–Crippen MR) is 53.4 cm³/mol. The van der Waals surface area contributed by atoms with Crippen molar-refractivity contribution in [1.29, 1.82) is 0 Å². The van der Waals surface area contributed by atoms with Crippen LogP contribution in [0.25, 0.3) is 0 Å². The van der Waals surface area contributed by atoms with Gasteiger partial charge in [0.1, 0.15) is 0 Å². The summed E-state index contributed by atoms with van der Waals surface area (Å²) < 4.78 is 0. The molecule has 1 fully saturated rings. The quantitative estimate of drug-likeness (QED) is 0.486. The molecule has 0 aromatic carbocycles. The Labute approximate surface area is 81.1 Å². The first kappa shape index (κ1) is 8.71. The van der Waals surface area contributed by atoms with E-state index in [9.17, 15) is 0 Å². The highest BCUT2D eigenvalue weighted by Gasteiger charge is 2.26. The molecule has 0 spiro atoms. The van der Waals surface area contributed by atoms with Gasteiger partial charge in [-0.15, -0.1) is 11.8 Å². The largest absolute Gasteiger partial charge is 0.103 e. The predicted octanol–water partition coefficient (Wildman–Crippen LogP) is 2.34. The lowest BCUT2D eigenvalue weighted by Gasteiger charge is -2.04. The monoisotopic (exact) mass is 167 g/mol. The van der Waals surface area contributed by atoms with E-state index in [4.69, 9.17) is 0 Å². The summed E-state index contributed by atoms with van der Waals surface area (Å²) in [6.45, 7) is 0. The molecular weight excluding hydrogens is 156 g/mol. The van der Waals surface area contributed by atoms with Crippen LogP contribution in [0.1, 0.15) is 25.7 Å². The van der Waals surface area contributed by atoms with Crippen molar-refractivity contribution in [3.63, 3.8) is 0 Å². The van der Waals surface area contributed by atoms with Crippen LogP contribution in [0.15, 0.2) is 0 Å². The molecule has 0 aromatic rings. The third-order valence-corrected chi connectivity index (χ3v) is 2.12. The zero-order chi connectivity index (χ0) is 8.93. The van der Waals surface area contributed by atoms with Crippen molar-refractivity contribution < 1.29 is 0 Å². The third kappa shape index (κ3) is 2.28. The Morgan fingerprint density at radius 3 is 1.92 bits per heavy atom. The van der Waals surface area contributed by atoms with Crippen molar-refractivity contribution in [3.8, 4) is 23.7 Å². The molecule has 5 radical (unpaired) electrons. The van der Waals surface area contributed by atoms with Gasteiger partial charge in [0.25, 0.3) is 0 Å². The number of hydrogen-bond acceptors (Lipinski definition) is 0. The van der Waals surface area contributed by atoms with Gasteiger partial charge < -0.3 is 0 Å². The molecule has 2 aliphatic rings. The molecule has 0 heterocycles. The van der Waals surface area contributed by atoms with Crippen molar-refractivity contribution >= 4 is 0 Å². The van der Waals surface area contributed by atoms with Gasteiger partial charge in [0.15, 0.2) is 0 Å². The van der Waals surface area contributed by atoms with E-state index in [1.807, 2.05) is 19.3 Å². The van der Waals surface area contributed by atoms with Gasteiger partial charge in [-0.2, -0.15) is 0 Å². The van der Waals surface area contributed by atoms with Gasteiger partial charge in [0.05, 0.1) is 11.8 Å². The summed E-state index contributed by atoms with van der Waals surface area (Å²) in [5.41, 5.74) is 0. The molecule has 13 heavy (non-hydrogen) atoms. The van der Waals surface area contributed by atoms with Crippen molar-refractivity contribution in [2.75, 3.05) is 0 Å². The summed E-state index contributed by atoms with van der Waals surface area (Å²) in [6, 6.07) is 0. The second-order valence-corrected chi connectivity index (χ2v) is 3.16. The molecule has 0 atom stereocenters. The van der Waals surface area contributed by atoms with Crippen LogP contribution in [0, 0.1) is 54.8 Å². The SMILES string of the molecule is C1#C[C]2[CH][CH][CH][C]2C#CCCCC1. The van der Waals surface area contributed by atoms with Crippen molar-refractivity contribution in [3.05, 3.63) is 31.1 Å². The van der Waals surface area contributed by atoms with E-state index >= 15 is 0 Å². The minimum Gasteiger partial charge on any atom is -0.103 e. The molecule has 0 bridgehead atoms. The molecular formula is C13H11. The topological polar surface area (TPSA) is 0 Å². The van der Waals surface area contributed by atoms with Crippen LogP contribution in [0.2, 0.25) is 0 Å². The van der Waals surface area contributed by atoms with Gasteiger partial charge in [-0.25, -0.2) is 0 Å². The molecule has 2 rings (SSSR count). The highest BCUT2D eigenvalue weighted by atomic mass is 14.3. The Balaban J connectivity index is 2.09. The summed E-state index contributed by atoms with van der Waals surface area (Å²) >= 11 is 0. The van der Waals surface area contributed by atoms with Crippen LogP contribution in [0.5, 0.6) is 0 Å². The van der Waals surface area contributed by atoms with Crippen molar-refractivity contribution in [2.45, 2.75) is 25.7 Å². The molecule has 0 aromatic heterocycles. The van der Waals surface area contributed by atoms with Crippen molar-refractivity contribution in [1.82, 2.24) is 0 Å². The molecule has 0 nitrogen and oxygen atoms in total.